The first-order valence-electron chi connectivity index (χ1n) is 10.7. The highest BCUT2D eigenvalue weighted by atomic mass is 35.5. The van der Waals surface area contributed by atoms with Crippen LogP contribution in [0.4, 0.5) is 15.8 Å². The Morgan fingerprint density at radius 1 is 1.11 bits per heavy atom. The molecular formula is C25H19ClFN3O4S. The lowest BCUT2D eigenvalue weighted by Crippen LogP contribution is -2.44. The van der Waals surface area contributed by atoms with Crippen molar-refractivity contribution >= 4 is 51.7 Å². The summed E-state index contributed by atoms with van der Waals surface area (Å²) in [6.07, 6.45) is -0.0199. The number of nitrogens with zero attached hydrogens (tertiary/aromatic N) is 2. The molecule has 35 heavy (non-hydrogen) atoms. The molecule has 0 spiro atoms. The summed E-state index contributed by atoms with van der Waals surface area (Å²) in [6.45, 7) is 0.373. The standard InChI is InChI=1S/C25H19ClFN3O4S/c26-18-3-1-2-4-19(18)29-24(32)22-12-23(31)30(13-15-5-10-20-21(11-15)34-14-33-20)25(35-22)28-17-8-6-16(27)7-9-17/h1-11,22H,12-14H2,(H,29,32)/t22-/m1/s1. The van der Waals surface area contributed by atoms with E-state index in [1.165, 1.54) is 40.9 Å². The third-order valence-electron chi connectivity index (χ3n) is 5.39. The maximum absolute atomic E-state index is 13.4. The lowest BCUT2D eigenvalue weighted by molar-refractivity contribution is -0.129. The zero-order valence-electron chi connectivity index (χ0n) is 18.2. The molecule has 0 aromatic heterocycles. The van der Waals surface area contributed by atoms with Gasteiger partial charge in [-0.3, -0.25) is 14.5 Å². The van der Waals surface area contributed by atoms with Crippen molar-refractivity contribution < 1.29 is 23.5 Å². The number of aliphatic imine (C=N–C) groups is 1. The Balaban J connectivity index is 1.41. The highest BCUT2D eigenvalue weighted by molar-refractivity contribution is 8.15. The summed E-state index contributed by atoms with van der Waals surface area (Å²) in [6, 6.07) is 17.9. The van der Waals surface area contributed by atoms with Gasteiger partial charge in [0.2, 0.25) is 18.6 Å². The maximum atomic E-state index is 13.4. The number of halogens is 2. The van der Waals surface area contributed by atoms with Gasteiger partial charge in [0.1, 0.15) is 11.1 Å². The van der Waals surface area contributed by atoms with Crippen LogP contribution in [0.3, 0.4) is 0 Å². The van der Waals surface area contributed by atoms with E-state index in [1.54, 1.807) is 30.3 Å². The average Bonchev–Trinajstić information content (AvgIpc) is 3.32. The van der Waals surface area contributed by atoms with E-state index in [0.29, 0.717) is 33.1 Å². The number of benzene rings is 3. The minimum absolute atomic E-state index is 0.0199. The molecule has 10 heteroatoms. The maximum Gasteiger partial charge on any atom is 0.238 e. The van der Waals surface area contributed by atoms with Crippen LogP contribution in [0.2, 0.25) is 5.02 Å². The van der Waals surface area contributed by atoms with E-state index in [9.17, 15) is 14.0 Å². The summed E-state index contributed by atoms with van der Waals surface area (Å²) in [4.78, 5) is 32.3. The molecule has 1 atom stereocenters. The molecule has 5 rings (SSSR count). The predicted octanol–water partition coefficient (Wildman–Crippen LogP) is 5.37. The number of hydrogen-bond acceptors (Lipinski definition) is 6. The Morgan fingerprint density at radius 2 is 1.89 bits per heavy atom. The van der Waals surface area contributed by atoms with Crippen LogP contribution in [0, 0.1) is 5.82 Å². The van der Waals surface area contributed by atoms with Crippen LogP contribution in [0.1, 0.15) is 12.0 Å². The summed E-state index contributed by atoms with van der Waals surface area (Å²) in [5.41, 5.74) is 1.74. The van der Waals surface area contributed by atoms with Gasteiger partial charge >= 0.3 is 0 Å². The van der Waals surface area contributed by atoms with Crippen LogP contribution in [-0.4, -0.2) is 33.9 Å². The molecule has 1 N–H and O–H groups in total. The van der Waals surface area contributed by atoms with Crippen LogP contribution in [0.15, 0.2) is 71.7 Å². The summed E-state index contributed by atoms with van der Waals surface area (Å²) >= 11 is 7.34. The molecule has 3 aromatic rings. The summed E-state index contributed by atoms with van der Waals surface area (Å²) in [5.74, 6) is 0.237. The number of amidine groups is 1. The van der Waals surface area contributed by atoms with Crippen molar-refractivity contribution in [1.82, 2.24) is 4.90 Å². The Bertz CT molecular complexity index is 1320. The number of para-hydroxylation sites is 1. The molecule has 0 unspecified atom stereocenters. The number of amides is 2. The lowest BCUT2D eigenvalue weighted by Gasteiger charge is -2.32. The molecule has 7 nitrogen and oxygen atoms in total. The second kappa shape index (κ2) is 9.97. The second-order valence-corrected chi connectivity index (χ2v) is 9.40. The van der Waals surface area contributed by atoms with Gasteiger partial charge in [0.05, 0.1) is 22.9 Å². The van der Waals surface area contributed by atoms with Gasteiger partial charge in [-0.1, -0.05) is 41.6 Å². The molecular weight excluding hydrogens is 493 g/mol. The topological polar surface area (TPSA) is 80.2 Å². The lowest BCUT2D eigenvalue weighted by atomic mass is 10.1. The summed E-state index contributed by atoms with van der Waals surface area (Å²) in [7, 11) is 0. The number of fused-ring (bicyclic) bond motifs is 1. The number of ether oxygens (including phenoxy) is 2. The fraction of sp³-hybridized carbons (Fsp3) is 0.160. The molecule has 2 aliphatic heterocycles. The molecule has 178 valence electrons. The number of carbonyl (C=O) groups excluding carboxylic acids is 2. The van der Waals surface area contributed by atoms with Gasteiger partial charge < -0.3 is 14.8 Å². The molecule has 1 fully saturated rings. The van der Waals surface area contributed by atoms with Crippen molar-refractivity contribution in [3.8, 4) is 11.5 Å². The van der Waals surface area contributed by atoms with Crippen LogP contribution in [0.5, 0.6) is 11.5 Å². The van der Waals surface area contributed by atoms with Crippen molar-refractivity contribution in [3.05, 3.63) is 83.1 Å². The van der Waals surface area contributed by atoms with Gasteiger partial charge in [0, 0.05) is 6.42 Å². The summed E-state index contributed by atoms with van der Waals surface area (Å²) < 4.78 is 24.2. The number of rotatable bonds is 5. The fourth-order valence-electron chi connectivity index (χ4n) is 3.62. The van der Waals surface area contributed by atoms with Crippen molar-refractivity contribution in [1.29, 1.82) is 0 Å². The van der Waals surface area contributed by atoms with E-state index < -0.39 is 11.1 Å². The van der Waals surface area contributed by atoms with E-state index in [4.69, 9.17) is 21.1 Å². The number of anilines is 1. The van der Waals surface area contributed by atoms with Gasteiger partial charge in [-0.15, -0.1) is 0 Å². The van der Waals surface area contributed by atoms with Crippen LogP contribution >= 0.6 is 23.4 Å². The Labute approximate surface area is 209 Å². The molecule has 0 radical (unpaired) electrons. The number of thioether (sulfide) groups is 1. The average molecular weight is 512 g/mol. The van der Waals surface area contributed by atoms with Crippen LogP contribution in [0.25, 0.3) is 0 Å². The van der Waals surface area contributed by atoms with Crippen molar-refractivity contribution in [2.45, 2.75) is 18.2 Å². The first-order chi connectivity index (χ1) is 17.0. The molecule has 0 bridgehead atoms. The van der Waals surface area contributed by atoms with Gasteiger partial charge in [-0.05, 0) is 54.1 Å². The zero-order valence-corrected chi connectivity index (χ0v) is 19.8. The zero-order chi connectivity index (χ0) is 24.4. The van der Waals surface area contributed by atoms with Gasteiger partial charge in [0.25, 0.3) is 0 Å². The quantitative estimate of drug-likeness (QED) is 0.498. The number of carbonyl (C=O) groups is 2. The highest BCUT2D eigenvalue weighted by Gasteiger charge is 2.36. The molecule has 3 aromatic carbocycles. The van der Waals surface area contributed by atoms with E-state index in [-0.39, 0.29) is 31.6 Å². The van der Waals surface area contributed by atoms with Crippen LogP contribution in [-0.2, 0) is 16.1 Å². The third-order valence-corrected chi connectivity index (χ3v) is 6.91. The summed E-state index contributed by atoms with van der Waals surface area (Å²) in [5, 5.41) is 2.81. The van der Waals surface area contributed by atoms with Crippen LogP contribution < -0.4 is 14.8 Å². The van der Waals surface area contributed by atoms with Gasteiger partial charge in [0.15, 0.2) is 16.7 Å². The van der Waals surface area contributed by atoms with E-state index >= 15 is 0 Å². The largest absolute Gasteiger partial charge is 0.454 e. The highest BCUT2D eigenvalue weighted by Crippen LogP contribution is 2.35. The molecule has 2 amide bonds. The minimum atomic E-state index is -0.717. The first kappa shape index (κ1) is 23.2. The monoisotopic (exact) mass is 511 g/mol. The smallest absolute Gasteiger partial charge is 0.238 e. The Morgan fingerprint density at radius 3 is 2.69 bits per heavy atom. The van der Waals surface area contributed by atoms with Gasteiger partial charge in [-0.25, -0.2) is 9.38 Å². The Hall–Kier alpha value is -3.56. The van der Waals surface area contributed by atoms with Crippen molar-refractivity contribution in [2.24, 2.45) is 4.99 Å². The number of hydrogen-bond donors (Lipinski definition) is 1. The van der Waals surface area contributed by atoms with E-state index in [1.807, 2.05) is 12.1 Å². The minimum Gasteiger partial charge on any atom is -0.454 e. The Kier molecular flexibility index (Phi) is 6.61. The fourth-order valence-corrected chi connectivity index (χ4v) is 4.90. The third kappa shape index (κ3) is 5.26. The molecule has 2 heterocycles. The number of nitrogens with one attached hydrogen (secondary N) is 1. The predicted molar refractivity (Wildman–Crippen MR) is 133 cm³/mol. The first-order valence-corrected chi connectivity index (χ1v) is 12.0. The molecule has 0 aliphatic carbocycles. The second-order valence-electron chi connectivity index (χ2n) is 7.82. The van der Waals surface area contributed by atoms with Crippen molar-refractivity contribution in [3.63, 3.8) is 0 Å². The molecule has 1 saturated heterocycles. The van der Waals surface area contributed by atoms with E-state index in [2.05, 4.69) is 10.3 Å². The van der Waals surface area contributed by atoms with Gasteiger partial charge in [-0.2, -0.15) is 0 Å². The van der Waals surface area contributed by atoms with E-state index in [0.717, 1.165) is 5.56 Å². The SMILES string of the molecule is O=C(Nc1ccccc1Cl)[C@H]1CC(=O)N(Cc2ccc3c(c2)OCO3)C(=Nc2ccc(F)cc2)S1. The molecule has 2 aliphatic rings. The van der Waals surface area contributed by atoms with Crippen molar-refractivity contribution in [2.75, 3.05) is 12.1 Å². The normalized spacial score (nSPS) is 18.1. The molecule has 0 saturated carbocycles.